The van der Waals surface area contributed by atoms with E-state index in [1.807, 2.05) is 37.4 Å². The van der Waals surface area contributed by atoms with Crippen molar-refractivity contribution < 1.29 is 4.79 Å². The largest absolute Gasteiger partial charge is 0.281 e. The Kier molecular flexibility index (Phi) is 3.84. The summed E-state index contributed by atoms with van der Waals surface area (Å²) in [6, 6.07) is 5.61. The first-order chi connectivity index (χ1) is 8.68. The highest BCUT2D eigenvalue weighted by atomic mass is 32.1. The highest BCUT2D eigenvalue weighted by Crippen LogP contribution is 2.14. The van der Waals surface area contributed by atoms with Crippen LogP contribution in [0.5, 0.6) is 0 Å². The summed E-state index contributed by atoms with van der Waals surface area (Å²) in [6.45, 7) is 3.75. The summed E-state index contributed by atoms with van der Waals surface area (Å²) in [5, 5.41) is 5.98. The Hall–Kier alpha value is -2.01. The summed E-state index contributed by atoms with van der Waals surface area (Å²) < 4.78 is 0. The third-order valence-electron chi connectivity index (χ3n) is 2.49. The van der Waals surface area contributed by atoms with Gasteiger partial charge < -0.3 is 0 Å². The predicted octanol–water partition coefficient (Wildman–Crippen LogP) is 2.61. The standard InChI is InChI=1S/C13H13N3OS/c1-9-5-8-18-12(9)13(17)16-15-10(2)11-3-6-14-7-4-11/h3-8H,1-2H3,(H,16,17)/b15-10+. The third-order valence-corrected chi connectivity index (χ3v) is 3.51. The van der Waals surface area contributed by atoms with Crippen LogP contribution in [0.15, 0.2) is 41.1 Å². The molecule has 0 aliphatic heterocycles. The smallest absolute Gasteiger partial charge is 0.266 e. The molecule has 0 spiro atoms. The van der Waals surface area contributed by atoms with E-state index in [2.05, 4.69) is 15.5 Å². The Bertz CT molecular complexity index is 575. The van der Waals surface area contributed by atoms with Crippen molar-refractivity contribution in [3.8, 4) is 0 Å². The number of nitrogens with one attached hydrogen (secondary N) is 1. The molecule has 2 aromatic rings. The van der Waals surface area contributed by atoms with E-state index in [9.17, 15) is 4.79 Å². The SMILES string of the molecule is C/C(=N\NC(=O)c1sccc1C)c1ccncc1. The molecule has 18 heavy (non-hydrogen) atoms. The Balaban J connectivity index is 2.08. The molecule has 92 valence electrons. The van der Waals surface area contributed by atoms with Crippen molar-refractivity contribution in [2.75, 3.05) is 0 Å². The molecule has 0 aromatic carbocycles. The molecule has 0 saturated heterocycles. The van der Waals surface area contributed by atoms with Crippen LogP contribution in [0, 0.1) is 6.92 Å². The van der Waals surface area contributed by atoms with Crippen molar-refractivity contribution in [2.24, 2.45) is 5.10 Å². The number of nitrogens with zero attached hydrogens (tertiary/aromatic N) is 2. The van der Waals surface area contributed by atoms with Gasteiger partial charge in [0.2, 0.25) is 0 Å². The minimum atomic E-state index is -0.170. The minimum absolute atomic E-state index is 0.170. The Morgan fingerprint density at radius 2 is 2.06 bits per heavy atom. The average Bonchev–Trinajstić information content (AvgIpc) is 2.83. The van der Waals surface area contributed by atoms with Crippen LogP contribution in [0.2, 0.25) is 0 Å². The highest BCUT2D eigenvalue weighted by molar-refractivity contribution is 7.12. The maximum atomic E-state index is 11.8. The van der Waals surface area contributed by atoms with E-state index in [0.29, 0.717) is 4.88 Å². The predicted molar refractivity (Wildman–Crippen MR) is 73.0 cm³/mol. The van der Waals surface area contributed by atoms with E-state index in [4.69, 9.17) is 0 Å². The summed E-state index contributed by atoms with van der Waals surface area (Å²) in [5.41, 5.74) is 5.22. The molecule has 1 N–H and O–H groups in total. The maximum Gasteiger partial charge on any atom is 0.281 e. The van der Waals surface area contributed by atoms with Crippen LogP contribution >= 0.6 is 11.3 Å². The summed E-state index contributed by atoms with van der Waals surface area (Å²) >= 11 is 1.41. The molecule has 0 radical (unpaired) electrons. The minimum Gasteiger partial charge on any atom is -0.266 e. The van der Waals surface area contributed by atoms with Gasteiger partial charge in [-0.05, 0) is 43.0 Å². The van der Waals surface area contributed by atoms with Crippen LogP contribution in [-0.4, -0.2) is 16.6 Å². The van der Waals surface area contributed by atoms with Crippen LogP contribution in [-0.2, 0) is 0 Å². The van der Waals surface area contributed by atoms with Gasteiger partial charge in [0.1, 0.15) is 0 Å². The second kappa shape index (κ2) is 5.55. The second-order valence-corrected chi connectivity index (χ2v) is 4.72. The molecule has 4 nitrogen and oxygen atoms in total. The zero-order valence-corrected chi connectivity index (χ0v) is 11.0. The molecule has 0 atom stereocenters. The average molecular weight is 259 g/mol. The lowest BCUT2D eigenvalue weighted by Gasteiger charge is -2.02. The molecule has 2 rings (SSSR count). The van der Waals surface area contributed by atoms with Gasteiger partial charge in [0, 0.05) is 18.0 Å². The van der Waals surface area contributed by atoms with E-state index in [0.717, 1.165) is 16.8 Å². The molecule has 1 amide bonds. The van der Waals surface area contributed by atoms with Gasteiger partial charge in [0.25, 0.3) is 5.91 Å². The van der Waals surface area contributed by atoms with Gasteiger partial charge in [-0.15, -0.1) is 11.3 Å². The Labute approximate surface area is 109 Å². The topological polar surface area (TPSA) is 54.4 Å². The highest BCUT2D eigenvalue weighted by Gasteiger charge is 2.09. The molecule has 5 heteroatoms. The van der Waals surface area contributed by atoms with Crippen LogP contribution in [0.4, 0.5) is 0 Å². The summed E-state index contributed by atoms with van der Waals surface area (Å²) in [7, 11) is 0. The number of carbonyl (C=O) groups is 1. The van der Waals surface area contributed by atoms with Crippen molar-refractivity contribution in [3.63, 3.8) is 0 Å². The zero-order chi connectivity index (χ0) is 13.0. The molecule has 0 aliphatic carbocycles. The lowest BCUT2D eigenvalue weighted by molar-refractivity contribution is 0.0958. The van der Waals surface area contributed by atoms with Gasteiger partial charge in [-0.3, -0.25) is 9.78 Å². The molecule has 2 aromatic heterocycles. The quantitative estimate of drug-likeness (QED) is 0.680. The van der Waals surface area contributed by atoms with Gasteiger partial charge in [0.05, 0.1) is 10.6 Å². The van der Waals surface area contributed by atoms with Crippen LogP contribution in [0.3, 0.4) is 0 Å². The number of aromatic nitrogens is 1. The number of hydrazone groups is 1. The molecule has 0 saturated carbocycles. The monoisotopic (exact) mass is 259 g/mol. The molecule has 2 heterocycles. The number of carbonyl (C=O) groups excluding carboxylic acids is 1. The normalized spacial score (nSPS) is 11.3. The fourth-order valence-corrected chi connectivity index (χ4v) is 2.26. The number of aryl methyl sites for hydroxylation is 1. The van der Waals surface area contributed by atoms with Gasteiger partial charge in [-0.2, -0.15) is 5.10 Å². The van der Waals surface area contributed by atoms with Crippen molar-refractivity contribution in [2.45, 2.75) is 13.8 Å². The third kappa shape index (κ3) is 2.81. The number of hydrogen-bond donors (Lipinski definition) is 1. The van der Waals surface area contributed by atoms with E-state index < -0.39 is 0 Å². The fraction of sp³-hybridized carbons (Fsp3) is 0.154. The van der Waals surface area contributed by atoms with E-state index >= 15 is 0 Å². The molecule has 0 bridgehead atoms. The van der Waals surface area contributed by atoms with E-state index in [1.165, 1.54) is 11.3 Å². The van der Waals surface area contributed by atoms with Gasteiger partial charge >= 0.3 is 0 Å². The van der Waals surface area contributed by atoms with Gasteiger partial charge in [0.15, 0.2) is 0 Å². The fourth-order valence-electron chi connectivity index (χ4n) is 1.45. The number of thiophene rings is 1. The zero-order valence-electron chi connectivity index (χ0n) is 10.2. The first kappa shape index (κ1) is 12.4. The Morgan fingerprint density at radius 3 is 2.67 bits per heavy atom. The molecule has 0 unspecified atom stereocenters. The van der Waals surface area contributed by atoms with Crippen LogP contribution in [0.25, 0.3) is 0 Å². The lowest BCUT2D eigenvalue weighted by Crippen LogP contribution is -2.18. The second-order valence-electron chi connectivity index (χ2n) is 3.81. The first-order valence-electron chi connectivity index (χ1n) is 5.47. The number of hydrogen-bond acceptors (Lipinski definition) is 4. The summed E-state index contributed by atoms with van der Waals surface area (Å²) in [5.74, 6) is -0.170. The van der Waals surface area contributed by atoms with Crippen LogP contribution in [0.1, 0.15) is 27.7 Å². The molecular weight excluding hydrogens is 246 g/mol. The lowest BCUT2D eigenvalue weighted by atomic mass is 10.2. The molecule has 0 aliphatic rings. The van der Waals surface area contributed by atoms with Crippen molar-refractivity contribution >= 4 is 23.0 Å². The first-order valence-corrected chi connectivity index (χ1v) is 6.35. The van der Waals surface area contributed by atoms with E-state index in [1.54, 1.807) is 12.4 Å². The summed E-state index contributed by atoms with van der Waals surface area (Å²) in [6.07, 6.45) is 3.39. The van der Waals surface area contributed by atoms with Crippen molar-refractivity contribution in [1.29, 1.82) is 0 Å². The van der Waals surface area contributed by atoms with Crippen molar-refractivity contribution in [3.05, 3.63) is 52.0 Å². The van der Waals surface area contributed by atoms with Gasteiger partial charge in [-0.25, -0.2) is 5.43 Å². The number of amides is 1. The number of rotatable bonds is 3. The summed E-state index contributed by atoms with van der Waals surface area (Å²) in [4.78, 5) is 16.5. The van der Waals surface area contributed by atoms with Crippen LogP contribution < -0.4 is 5.43 Å². The van der Waals surface area contributed by atoms with Crippen molar-refractivity contribution in [1.82, 2.24) is 10.4 Å². The number of pyridine rings is 1. The Morgan fingerprint density at radius 1 is 1.33 bits per heavy atom. The molecular formula is C13H13N3OS. The maximum absolute atomic E-state index is 11.8. The van der Waals surface area contributed by atoms with Gasteiger partial charge in [-0.1, -0.05) is 0 Å². The molecule has 0 fully saturated rings. The van der Waals surface area contributed by atoms with E-state index in [-0.39, 0.29) is 5.91 Å².